The van der Waals surface area contributed by atoms with E-state index in [0.29, 0.717) is 6.04 Å². The van der Waals surface area contributed by atoms with E-state index in [-0.39, 0.29) is 30.7 Å². The van der Waals surface area contributed by atoms with E-state index in [1.54, 1.807) is 0 Å². The average Bonchev–Trinajstić information content (AvgIpc) is 2.79. The van der Waals surface area contributed by atoms with E-state index in [4.69, 9.17) is 23.3 Å². The normalized spacial score (nSPS) is 42.6. The Labute approximate surface area is 128 Å². The highest BCUT2D eigenvalue weighted by atomic mass is 31.2. The van der Waals surface area contributed by atoms with Gasteiger partial charge in [0.05, 0.1) is 6.10 Å². The number of rotatable bonds is 3. The molecule has 0 bridgehead atoms. The van der Waals surface area contributed by atoms with Gasteiger partial charge in [0, 0.05) is 12.6 Å². The first-order valence-electron chi connectivity index (χ1n) is 7.68. The van der Waals surface area contributed by atoms with Gasteiger partial charge in [0.25, 0.3) is 8.53 Å². The molecule has 122 valence electrons. The maximum absolute atomic E-state index is 6.24. The van der Waals surface area contributed by atoms with Gasteiger partial charge in [-0.3, -0.25) is 0 Å². The lowest BCUT2D eigenvalue weighted by Gasteiger charge is -2.42. The Morgan fingerprint density at radius 2 is 1.86 bits per heavy atom. The van der Waals surface area contributed by atoms with Crippen molar-refractivity contribution in [2.75, 3.05) is 6.54 Å². The van der Waals surface area contributed by atoms with E-state index in [9.17, 15) is 0 Å². The summed E-state index contributed by atoms with van der Waals surface area (Å²) in [5.74, 6) is -0.611. The van der Waals surface area contributed by atoms with Crippen LogP contribution in [0.3, 0.4) is 0 Å². The van der Waals surface area contributed by atoms with Crippen LogP contribution in [0.2, 0.25) is 0 Å². The second-order valence-electron chi connectivity index (χ2n) is 6.82. The van der Waals surface area contributed by atoms with Crippen LogP contribution >= 0.6 is 8.53 Å². The molecule has 3 aliphatic rings. The summed E-state index contributed by atoms with van der Waals surface area (Å²) in [6.45, 7) is 13.0. The van der Waals surface area contributed by atoms with Crippen LogP contribution in [0.4, 0.5) is 0 Å². The number of nitrogens with zero attached hydrogens (tertiary/aromatic N) is 1. The van der Waals surface area contributed by atoms with Gasteiger partial charge < -0.3 is 23.3 Å². The SMILES string of the molecule is CC(C)O[P@]1O[C@@H]2[C@H]3OC(C)(C)O[C@H]3O[C@@H]2CN1C(C)C. The van der Waals surface area contributed by atoms with Crippen LogP contribution in [-0.2, 0) is 23.3 Å². The fraction of sp³-hybridized carbons (Fsp3) is 1.00. The van der Waals surface area contributed by atoms with E-state index >= 15 is 0 Å². The zero-order chi connectivity index (χ0) is 15.4. The van der Waals surface area contributed by atoms with Crippen molar-refractivity contribution in [3.63, 3.8) is 0 Å². The van der Waals surface area contributed by atoms with Crippen LogP contribution in [0.25, 0.3) is 0 Å². The maximum Gasteiger partial charge on any atom is 0.259 e. The number of fused-ring (bicyclic) bond motifs is 3. The summed E-state index contributed by atoms with van der Waals surface area (Å²) < 4.78 is 32.2. The third-order valence-corrected chi connectivity index (χ3v) is 5.84. The van der Waals surface area contributed by atoms with Gasteiger partial charge in [0.1, 0.15) is 18.3 Å². The lowest BCUT2D eigenvalue weighted by Crippen LogP contribution is -2.48. The first-order valence-corrected chi connectivity index (χ1v) is 8.81. The molecular formula is C14H26NO5P. The van der Waals surface area contributed by atoms with Crippen molar-refractivity contribution in [1.29, 1.82) is 0 Å². The number of ether oxygens (including phenoxy) is 3. The van der Waals surface area contributed by atoms with Crippen LogP contribution < -0.4 is 0 Å². The first kappa shape index (κ1) is 16.1. The largest absolute Gasteiger partial charge is 0.342 e. The predicted octanol–water partition coefficient (Wildman–Crippen LogP) is 2.62. The molecule has 7 heteroatoms. The third-order valence-electron chi connectivity index (χ3n) is 3.77. The summed E-state index contributed by atoms with van der Waals surface area (Å²) in [7, 11) is -1.08. The van der Waals surface area contributed by atoms with Gasteiger partial charge in [0.15, 0.2) is 12.1 Å². The number of hydrogen-bond donors (Lipinski definition) is 0. The molecule has 0 amide bonds. The Morgan fingerprint density at radius 3 is 2.48 bits per heavy atom. The molecule has 0 aromatic carbocycles. The molecule has 0 N–H and O–H groups in total. The van der Waals surface area contributed by atoms with Crippen molar-refractivity contribution in [3.8, 4) is 0 Å². The van der Waals surface area contributed by atoms with E-state index in [1.807, 2.05) is 27.7 Å². The van der Waals surface area contributed by atoms with Gasteiger partial charge in [-0.05, 0) is 41.5 Å². The Kier molecular flexibility index (Phi) is 4.34. The van der Waals surface area contributed by atoms with Gasteiger partial charge >= 0.3 is 0 Å². The van der Waals surface area contributed by atoms with Gasteiger partial charge in [-0.2, -0.15) is 0 Å². The molecule has 3 fully saturated rings. The van der Waals surface area contributed by atoms with Crippen molar-refractivity contribution in [3.05, 3.63) is 0 Å². The van der Waals surface area contributed by atoms with Crippen LogP contribution in [-0.4, -0.2) is 53.8 Å². The van der Waals surface area contributed by atoms with Gasteiger partial charge in [-0.15, -0.1) is 0 Å². The van der Waals surface area contributed by atoms with Gasteiger partial charge in [-0.25, -0.2) is 4.67 Å². The topological polar surface area (TPSA) is 49.4 Å². The Hall–Kier alpha value is 0.190. The second-order valence-corrected chi connectivity index (χ2v) is 8.23. The third kappa shape index (κ3) is 3.13. The van der Waals surface area contributed by atoms with E-state index < -0.39 is 14.3 Å². The van der Waals surface area contributed by atoms with E-state index in [1.165, 1.54) is 0 Å². The van der Waals surface area contributed by atoms with Crippen LogP contribution in [0, 0.1) is 0 Å². The minimum absolute atomic E-state index is 0.0204. The fourth-order valence-corrected chi connectivity index (χ4v) is 4.69. The van der Waals surface area contributed by atoms with Crippen molar-refractivity contribution >= 4 is 8.53 Å². The Morgan fingerprint density at radius 1 is 1.14 bits per heavy atom. The molecule has 3 rings (SSSR count). The molecule has 21 heavy (non-hydrogen) atoms. The van der Waals surface area contributed by atoms with Crippen molar-refractivity contribution < 1.29 is 23.3 Å². The predicted molar refractivity (Wildman–Crippen MR) is 78.6 cm³/mol. The highest BCUT2D eigenvalue weighted by Crippen LogP contribution is 2.54. The minimum atomic E-state index is -1.08. The molecule has 6 nitrogen and oxygen atoms in total. The van der Waals surface area contributed by atoms with Gasteiger partial charge in [0.2, 0.25) is 0 Å². The minimum Gasteiger partial charge on any atom is -0.342 e. The highest BCUT2D eigenvalue weighted by Gasteiger charge is 2.59. The second kappa shape index (κ2) is 5.68. The molecule has 0 spiro atoms. The van der Waals surface area contributed by atoms with Crippen molar-refractivity contribution in [2.45, 2.75) is 84.1 Å². The van der Waals surface area contributed by atoms with E-state index in [2.05, 4.69) is 18.5 Å². The summed E-state index contributed by atoms with van der Waals surface area (Å²) in [5.41, 5.74) is 0. The molecule has 3 heterocycles. The first-order chi connectivity index (χ1) is 9.77. The molecule has 3 aliphatic heterocycles. The molecule has 0 aromatic rings. The van der Waals surface area contributed by atoms with Crippen LogP contribution in [0.1, 0.15) is 41.5 Å². The zero-order valence-corrected chi connectivity index (χ0v) is 14.5. The summed E-state index contributed by atoms with van der Waals surface area (Å²) in [6, 6.07) is 0.345. The zero-order valence-electron chi connectivity index (χ0n) is 13.6. The lowest BCUT2D eigenvalue weighted by atomic mass is 10.1. The van der Waals surface area contributed by atoms with Crippen molar-refractivity contribution in [2.24, 2.45) is 0 Å². The van der Waals surface area contributed by atoms with E-state index in [0.717, 1.165) is 6.54 Å². The molecule has 0 aromatic heterocycles. The standard InChI is InChI=1S/C14H26NO5P/c1-8(2)15-7-10-11(20-21(15)19-9(3)4)12-13(16-10)18-14(5,6)17-12/h8-13H,7H2,1-6H3/t10-,11+,12-,13-,21-/m1/s1. The summed E-state index contributed by atoms with van der Waals surface area (Å²) in [5, 5.41) is 0. The molecule has 3 saturated heterocycles. The maximum atomic E-state index is 6.24. The Bertz CT molecular complexity index is 392. The summed E-state index contributed by atoms with van der Waals surface area (Å²) >= 11 is 0. The fourth-order valence-electron chi connectivity index (χ4n) is 2.90. The monoisotopic (exact) mass is 319 g/mol. The quantitative estimate of drug-likeness (QED) is 0.745. The average molecular weight is 319 g/mol. The van der Waals surface area contributed by atoms with Gasteiger partial charge in [-0.1, -0.05) is 0 Å². The highest BCUT2D eigenvalue weighted by molar-refractivity contribution is 7.44. The summed E-state index contributed by atoms with van der Waals surface area (Å²) in [6.07, 6.45) is -0.507. The molecule has 0 saturated carbocycles. The molecule has 0 unspecified atom stereocenters. The smallest absolute Gasteiger partial charge is 0.259 e. The van der Waals surface area contributed by atoms with Crippen LogP contribution in [0.15, 0.2) is 0 Å². The molecule has 0 aliphatic carbocycles. The molecular weight excluding hydrogens is 293 g/mol. The number of hydrogen-bond acceptors (Lipinski definition) is 6. The molecule has 0 radical (unpaired) electrons. The molecule has 5 atom stereocenters. The Balaban J connectivity index is 1.74. The summed E-state index contributed by atoms with van der Waals surface area (Å²) in [4.78, 5) is 0. The van der Waals surface area contributed by atoms with Crippen LogP contribution in [0.5, 0.6) is 0 Å². The lowest BCUT2D eigenvalue weighted by molar-refractivity contribution is -0.217. The van der Waals surface area contributed by atoms with Crippen molar-refractivity contribution in [1.82, 2.24) is 4.67 Å².